The minimum absolute atomic E-state index is 0.663. The minimum Gasteiger partial charge on any atom is -0.493 e. The fourth-order valence-electron chi connectivity index (χ4n) is 1.64. The van der Waals surface area contributed by atoms with E-state index in [0.717, 1.165) is 31.6 Å². The van der Waals surface area contributed by atoms with E-state index in [9.17, 15) is 0 Å². The average Bonchev–Trinajstić information content (AvgIpc) is 2.49. The van der Waals surface area contributed by atoms with Gasteiger partial charge in [-0.15, -0.1) is 0 Å². The van der Waals surface area contributed by atoms with Crippen LogP contribution in [0.1, 0.15) is 19.3 Å². The molecule has 0 aromatic heterocycles. The second kappa shape index (κ2) is 2.96. The van der Waals surface area contributed by atoms with Crippen molar-refractivity contribution >= 4 is 7.12 Å². The molecule has 1 aliphatic heterocycles. The molecule has 12 heavy (non-hydrogen) atoms. The third-order valence-electron chi connectivity index (χ3n) is 2.37. The predicted octanol–water partition coefficient (Wildman–Crippen LogP) is 0.393. The van der Waals surface area contributed by atoms with Gasteiger partial charge < -0.3 is 14.8 Å². The first-order valence-electron chi connectivity index (χ1n) is 4.19. The smallest absolute Gasteiger partial charge is 0.484 e. The molecule has 64 valence electrons. The molecule has 0 saturated heterocycles. The van der Waals surface area contributed by atoms with Crippen LogP contribution in [0.15, 0.2) is 22.9 Å². The largest absolute Gasteiger partial charge is 0.493 e. The van der Waals surface area contributed by atoms with Crippen molar-refractivity contribution in [1.82, 2.24) is 0 Å². The Bertz CT molecular complexity index is 255. The maximum absolute atomic E-state index is 8.91. The van der Waals surface area contributed by atoms with Crippen LogP contribution < -0.4 is 0 Å². The second-order valence-electron chi connectivity index (χ2n) is 3.16. The Balaban J connectivity index is 2.21. The molecule has 0 fully saturated rings. The molecule has 0 amide bonds. The Kier molecular flexibility index (Phi) is 1.94. The predicted molar refractivity (Wildman–Crippen MR) is 45.1 cm³/mol. The lowest BCUT2D eigenvalue weighted by Gasteiger charge is -2.12. The van der Waals surface area contributed by atoms with Crippen LogP contribution in [-0.4, -0.2) is 23.8 Å². The van der Waals surface area contributed by atoms with E-state index < -0.39 is 7.12 Å². The molecule has 2 aliphatic rings. The molecule has 2 rings (SSSR count). The van der Waals surface area contributed by atoms with Crippen LogP contribution in [0.4, 0.5) is 0 Å². The highest BCUT2D eigenvalue weighted by molar-refractivity contribution is 6.50. The molecule has 1 heterocycles. The normalized spacial score (nSPS) is 21.7. The summed E-state index contributed by atoms with van der Waals surface area (Å²) >= 11 is 0. The summed E-state index contributed by atoms with van der Waals surface area (Å²) in [5, 5.41) is 17.8. The number of hydrogen-bond acceptors (Lipinski definition) is 3. The van der Waals surface area contributed by atoms with Crippen LogP contribution in [0, 0.1) is 0 Å². The molecular weight excluding hydrogens is 155 g/mol. The number of hydrogen-bond donors (Lipinski definition) is 2. The van der Waals surface area contributed by atoms with E-state index in [1.165, 1.54) is 5.57 Å². The maximum atomic E-state index is 8.91. The first kappa shape index (κ1) is 7.89. The topological polar surface area (TPSA) is 49.7 Å². The highest BCUT2D eigenvalue weighted by atomic mass is 16.5. The van der Waals surface area contributed by atoms with E-state index in [0.29, 0.717) is 5.47 Å². The summed E-state index contributed by atoms with van der Waals surface area (Å²) in [5.41, 5.74) is 1.98. The zero-order valence-corrected chi connectivity index (χ0v) is 6.79. The van der Waals surface area contributed by atoms with Crippen molar-refractivity contribution < 1.29 is 14.8 Å². The Morgan fingerprint density at radius 2 is 2.08 bits per heavy atom. The maximum Gasteiger partial charge on any atom is 0.484 e. The van der Waals surface area contributed by atoms with Crippen molar-refractivity contribution in [1.29, 1.82) is 0 Å². The highest BCUT2D eigenvalue weighted by Crippen LogP contribution is 2.31. The van der Waals surface area contributed by atoms with Gasteiger partial charge in [0.1, 0.15) is 5.76 Å². The number of allylic oxidation sites excluding steroid dienone is 2. The van der Waals surface area contributed by atoms with Gasteiger partial charge in [0, 0.05) is 6.42 Å². The first-order chi connectivity index (χ1) is 5.77. The van der Waals surface area contributed by atoms with Gasteiger partial charge in [-0.25, -0.2) is 0 Å². The fourth-order valence-corrected chi connectivity index (χ4v) is 1.64. The third kappa shape index (κ3) is 1.28. The SMILES string of the molecule is OB(O)C1=CC2=C(CCO2)CC1. The van der Waals surface area contributed by atoms with Gasteiger partial charge in [-0.3, -0.25) is 0 Å². The summed E-state index contributed by atoms with van der Waals surface area (Å²) < 4.78 is 5.32. The standard InChI is InChI=1S/C8H11BO3/c10-9(11)7-2-1-6-3-4-12-8(6)5-7/h5,10-11H,1-4H2. The summed E-state index contributed by atoms with van der Waals surface area (Å²) in [5.74, 6) is 0.865. The van der Waals surface area contributed by atoms with Gasteiger partial charge in [0.2, 0.25) is 0 Å². The third-order valence-corrected chi connectivity index (χ3v) is 2.37. The van der Waals surface area contributed by atoms with Gasteiger partial charge in [0.15, 0.2) is 0 Å². The van der Waals surface area contributed by atoms with Crippen LogP contribution in [0.3, 0.4) is 0 Å². The first-order valence-corrected chi connectivity index (χ1v) is 4.19. The van der Waals surface area contributed by atoms with E-state index in [2.05, 4.69) is 0 Å². The zero-order chi connectivity index (χ0) is 8.55. The van der Waals surface area contributed by atoms with E-state index in [1.807, 2.05) is 0 Å². The molecule has 1 aliphatic carbocycles. The van der Waals surface area contributed by atoms with Crippen molar-refractivity contribution in [3.8, 4) is 0 Å². The summed E-state index contributed by atoms with van der Waals surface area (Å²) in [7, 11) is -1.32. The van der Waals surface area contributed by atoms with E-state index in [1.54, 1.807) is 6.08 Å². The number of rotatable bonds is 1. The molecule has 0 aromatic rings. The lowest BCUT2D eigenvalue weighted by atomic mass is 9.73. The Morgan fingerprint density at radius 3 is 2.83 bits per heavy atom. The van der Waals surface area contributed by atoms with Crippen LogP contribution in [0.5, 0.6) is 0 Å². The van der Waals surface area contributed by atoms with Crippen molar-refractivity contribution in [2.75, 3.05) is 6.61 Å². The van der Waals surface area contributed by atoms with Crippen LogP contribution in [0.25, 0.3) is 0 Å². The zero-order valence-electron chi connectivity index (χ0n) is 6.79. The highest BCUT2D eigenvalue weighted by Gasteiger charge is 2.24. The Labute approximate surface area is 71.5 Å². The quantitative estimate of drug-likeness (QED) is 0.554. The van der Waals surface area contributed by atoms with Gasteiger partial charge in [0.05, 0.1) is 6.61 Å². The van der Waals surface area contributed by atoms with Crippen molar-refractivity contribution in [3.63, 3.8) is 0 Å². The van der Waals surface area contributed by atoms with Crippen LogP contribution in [0.2, 0.25) is 0 Å². The van der Waals surface area contributed by atoms with Gasteiger partial charge >= 0.3 is 7.12 Å². The second-order valence-corrected chi connectivity index (χ2v) is 3.16. The van der Waals surface area contributed by atoms with Gasteiger partial charge in [-0.2, -0.15) is 0 Å². The Morgan fingerprint density at radius 1 is 1.25 bits per heavy atom. The van der Waals surface area contributed by atoms with Crippen molar-refractivity contribution in [3.05, 3.63) is 22.9 Å². The number of ether oxygens (including phenoxy) is 1. The summed E-state index contributed by atoms with van der Waals surface area (Å²) in [4.78, 5) is 0. The molecule has 0 aromatic carbocycles. The molecule has 3 nitrogen and oxygen atoms in total. The van der Waals surface area contributed by atoms with Gasteiger partial charge in [-0.1, -0.05) is 0 Å². The lowest BCUT2D eigenvalue weighted by molar-refractivity contribution is 0.256. The molecular formula is C8H11BO3. The molecule has 0 saturated carbocycles. The van der Waals surface area contributed by atoms with E-state index in [-0.39, 0.29) is 0 Å². The molecule has 0 atom stereocenters. The monoisotopic (exact) mass is 166 g/mol. The van der Waals surface area contributed by atoms with Gasteiger partial charge in [0.25, 0.3) is 0 Å². The lowest BCUT2D eigenvalue weighted by Crippen LogP contribution is -2.17. The van der Waals surface area contributed by atoms with Gasteiger partial charge in [-0.05, 0) is 30.0 Å². The van der Waals surface area contributed by atoms with Crippen molar-refractivity contribution in [2.45, 2.75) is 19.3 Å². The summed E-state index contributed by atoms with van der Waals surface area (Å²) in [6.07, 6.45) is 4.43. The van der Waals surface area contributed by atoms with Crippen molar-refractivity contribution in [2.24, 2.45) is 0 Å². The molecule has 0 unspecified atom stereocenters. The van der Waals surface area contributed by atoms with E-state index in [4.69, 9.17) is 14.8 Å². The summed E-state index contributed by atoms with van der Waals surface area (Å²) in [6.45, 7) is 0.746. The molecule has 4 heteroatoms. The van der Waals surface area contributed by atoms with E-state index >= 15 is 0 Å². The Hall–Kier alpha value is -0.735. The molecule has 2 N–H and O–H groups in total. The molecule has 0 radical (unpaired) electrons. The average molecular weight is 166 g/mol. The molecule has 0 bridgehead atoms. The summed E-state index contributed by atoms with van der Waals surface area (Å²) in [6, 6.07) is 0. The fraction of sp³-hybridized carbons (Fsp3) is 0.500. The molecule has 0 spiro atoms. The van der Waals surface area contributed by atoms with Crippen LogP contribution >= 0.6 is 0 Å². The van der Waals surface area contributed by atoms with Crippen LogP contribution in [-0.2, 0) is 4.74 Å². The minimum atomic E-state index is -1.32.